The molecule has 2 aliphatic rings. The molecule has 0 unspecified atom stereocenters. The average Bonchev–Trinajstić information content (AvgIpc) is 3.08. The summed E-state index contributed by atoms with van der Waals surface area (Å²) in [5.41, 5.74) is 0.843. The summed E-state index contributed by atoms with van der Waals surface area (Å²) in [6.07, 6.45) is 9.18. The largest absolute Gasteiger partial charge is 0.472 e. The summed E-state index contributed by atoms with van der Waals surface area (Å²) in [7, 11) is 1.80. The number of piperidine rings is 1. The number of methoxy groups -OCH3 is 1. The van der Waals surface area contributed by atoms with E-state index in [0.29, 0.717) is 11.7 Å². The Hall–Kier alpha value is -1.29. The van der Waals surface area contributed by atoms with Crippen LogP contribution in [-0.4, -0.2) is 37.1 Å². The van der Waals surface area contributed by atoms with Gasteiger partial charge in [-0.15, -0.1) is 0 Å². The smallest absolute Gasteiger partial charge is 0.257 e. The maximum atomic E-state index is 12.4. The van der Waals surface area contributed by atoms with Gasteiger partial charge in [0.2, 0.25) is 0 Å². The minimum Gasteiger partial charge on any atom is -0.472 e. The molecule has 1 aromatic rings. The molecule has 0 N–H and O–H groups in total. The Morgan fingerprint density at radius 2 is 2.32 bits per heavy atom. The van der Waals surface area contributed by atoms with Crippen LogP contribution in [0.2, 0.25) is 0 Å². The van der Waals surface area contributed by atoms with Crippen LogP contribution in [0.1, 0.15) is 42.5 Å². The van der Waals surface area contributed by atoms with Gasteiger partial charge >= 0.3 is 0 Å². The highest BCUT2D eigenvalue weighted by atomic mass is 16.5. The molecular weight excluding hydrogens is 242 g/mol. The average molecular weight is 263 g/mol. The monoisotopic (exact) mass is 263 g/mol. The van der Waals surface area contributed by atoms with Crippen molar-refractivity contribution in [3.8, 4) is 0 Å². The Morgan fingerprint density at radius 1 is 1.47 bits per heavy atom. The minimum absolute atomic E-state index is 0.0922. The van der Waals surface area contributed by atoms with E-state index < -0.39 is 0 Å². The Balaban J connectivity index is 1.76. The molecule has 0 aromatic carbocycles. The van der Waals surface area contributed by atoms with Crippen molar-refractivity contribution in [2.45, 2.75) is 38.2 Å². The Labute approximate surface area is 113 Å². The fourth-order valence-electron chi connectivity index (χ4n) is 3.84. The number of carbonyl (C=O) groups excluding carboxylic acids is 1. The van der Waals surface area contributed by atoms with Crippen molar-refractivity contribution in [1.29, 1.82) is 0 Å². The van der Waals surface area contributed by atoms with Gasteiger partial charge in [0, 0.05) is 25.6 Å². The second-order valence-corrected chi connectivity index (χ2v) is 5.82. The molecule has 0 bridgehead atoms. The first kappa shape index (κ1) is 12.7. The lowest BCUT2D eigenvalue weighted by atomic mass is 9.76. The molecule has 2 fully saturated rings. The van der Waals surface area contributed by atoms with E-state index in [9.17, 15) is 4.79 Å². The maximum Gasteiger partial charge on any atom is 0.257 e. The minimum atomic E-state index is 0.0922. The lowest BCUT2D eigenvalue weighted by Crippen LogP contribution is -2.49. The number of likely N-dealkylation sites (tertiary alicyclic amines) is 1. The molecule has 1 aliphatic carbocycles. The normalized spacial score (nSPS) is 31.0. The summed E-state index contributed by atoms with van der Waals surface area (Å²) >= 11 is 0. The van der Waals surface area contributed by atoms with Gasteiger partial charge in [-0.05, 0) is 31.7 Å². The predicted octanol–water partition coefficient (Wildman–Crippen LogP) is 2.70. The number of nitrogens with zero attached hydrogens (tertiary/aromatic N) is 1. The SMILES string of the molecule is CO[C@@H]1CCC[C@]12CCCN(C(=O)c1ccoc1)C2. The highest BCUT2D eigenvalue weighted by Crippen LogP contribution is 2.46. The van der Waals surface area contributed by atoms with Crippen LogP contribution in [-0.2, 0) is 4.74 Å². The first-order chi connectivity index (χ1) is 9.25. The molecule has 3 rings (SSSR count). The van der Waals surface area contributed by atoms with Gasteiger partial charge in [-0.3, -0.25) is 4.79 Å². The molecule has 1 spiro atoms. The number of carbonyl (C=O) groups is 1. The summed E-state index contributed by atoms with van der Waals surface area (Å²) < 4.78 is 10.7. The van der Waals surface area contributed by atoms with Crippen molar-refractivity contribution < 1.29 is 13.9 Å². The highest BCUT2D eigenvalue weighted by Gasteiger charge is 2.46. The van der Waals surface area contributed by atoms with E-state index in [2.05, 4.69) is 0 Å². The Morgan fingerprint density at radius 3 is 3.05 bits per heavy atom. The number of ether oxygens (including phenoxy) is 1. The second kappa shape index (κ2) is 5.00. The van der Waals surface area contributed by atoms with Crippen LogP contribution in [0.25, 0.3) is 0 Å². The fourth-order valence-corrected chi connectivity index (χ4v) is 3.84. The first-order valence-electron chi connectivity index (χ1n) is 7.09. The molecule has 19 heavy (non-hydrogen) atoms. The van der Waals surface area contributed by atoms with Crippen molar-refractivity contribution in [3.63, 3.8) is 0 Å². The van der Waals surface area contributed by atoms with Crippen LogP contribution < -0.4 is 0 Å². The topological polar surface area (TPSA) is 42.7 Å². The van der Waals surface area contributed by atoms with E-state index in [1.165, 1.54) is 25.5 Å². The van der Waals surface area contributed by atoms with Crippen molar-refractivity contribution in [2.24, 2.45) is 5.41 Å². The van der Waals surface area contributed by atoms with Gasteiger partial charge in [-0.2, -0.15) is 0 Å². The Bertz CT molecular complexity index is 442. The summed E-state index contributed by atoms with van der Waals surface area (Å²) in [5.74, 6) is 0.0922. The van der Waals surface area contributed by atoms with E-state index in [1.807, 2.05) is 4.90 Å². The van der Waals surface area contributed by atoms with Gasteiger partial charge in [0.15, 0.2) is 0 Å². The van der Waals surface area contributed by atoms with E-state index in [0.717, 1.165) is 25.9 Å². The molecule has 1 aliphatic heterocycles. The zero-order valence-electron chi connectivity index (χ0n) is 11.4. The quantitative estimate of drug-likeness (QED) is 0.824. The van der Waals surface area contributed by atoms with Crippen LogP contribution in [0, 0.1) is 5.41 Å². The summed E-state index contributed by atoms with van der Waals surface area (Å²) in [5, 5.41) is 0. The molecule has 2 heterocycles. The van der Waals surface area contributed by atoms with E-state index in [1.54, 1.807) is 19.4 Å². The molecular formula is C15H21NO3. The van der Waals surface area contributed by atoms with Crippen LogP contribution in [0.4, 0.5) is 0 Å². The summed E-state index contributed by atoms with van der Waals surface area (Å²) in [6, 6.07) is 1.74. The van der Waals surface area contributed by atoms with Crippen LogP contribution >= 0.6 is 0 Å². The first-order valence-corrected chi connectivity index (χ1v) is 7.09. The standard InChI is InChI=1S/C15H21NO3/c1-18-13-4-2-6-15(13)7-3-8-16(11-15)14(17)12-5-9-19-10-12/h5,9-10,13H,2-4,6-8,11H2,1H3/t13-,15-/m1/s1. The Kier molecular flexibility index (Phi) is 3.35. The van der Waals surface area contributed by atoms with Crippen molar-refractivity contribution >= 4 is 5.91 Å². The van der Waals surface area contributed by atoms with Gasteiger partial charge in [-0.1, -0.05) is 6.42 Å². The third-order valence-corrected chi connectivity index (χ3v) is 4.77. The van der Waals surface area contributed by atoms with Gasteiger partial charge in [0.1, 0.15) is 6.26 Å². The van der Waals surface area contributed by atoms with Crippen LogP contribution in [0.15, 0.2) is 23.0 Å². The van der Waals surface area contributed by atoms with Crippen molar-refractivity contribution in [1.82, 2.24) is 4.90 Å². The van der Waals surface area contributed by atoms with Crippen molar-refractivity contribution in [2.75, 3.05) is 20.2 Å². The third kappa shape index (κ3) is 2.18. The lowest BCUT2D eigenvalue weighted by molar-refractivity contribution is -0.0295. The molecule has 4 heteroatoms. The van der Waals surface area contributed by atoms with Crippen LogP contribution in [0.5, 0.6) is 0 Å². The molecule has 2 atom stereocenters. The number of rotatable bonds is 2. The van der Waals surface area contributed by atoms with E-state index in [4.69, 9.17) is 9.15 Å². The molecule has 1 saturated heterocycles. The van der Waals surface area contributed by atoms with Gasteiger partial charge in [0.05, 0.1) is 17.9 Å². The predicted molar refractivity (Wildman–Crippen MR) is 70.9 cm³/mol. The second-order valence-electron chi connectivity index (χ2n) is 5.82. The number of furan rings is 1. The maximum absolute atomic E-state index is 12.4. The molecule has 4 nitrogen and oxygen atoms in total. The number of hydrogen-bond acceptors (Lipinski definition) is 3. The third-order valence-electron chi connectivity index (χ3n) is 4.77. The van der Waals surface area contributed by atoms with E-state index in [-0.39, 0.29) is 11.3 Å². The molecule has 1 aromatic heterocycles. The zero-order chi connectivity index (χ0) is 13.3. The molecule has 0 radical (unpaired) electrons. The fraction of sp³-hybridized carbons (Fsp3) is 0.667. The molecule has 1 saturated carbocycles. The lowest BCUT2D eigenvalue weighted by Gasteiger charge is -2.43. The highest BCUT2D eigenvalue weighted by molar-refractivity contribution is 5.93. The number of hydrogen-bond donors (Lipinski definition) is 0. The van der Waals surface area contributed by atoms with Gasteiger partial charge < -0.3 is 14.1 Å². The van der Waals surface area contributed by atoms with Gasteiger partial charge in [0.25, 0.3) is 5.91 Å². The molecule has 1 amide bonds. The summed E-state index contributed by atoms with van der Waals surface area (Å²) in [6.45, 7) is 1.68. The van der Waals surface area contributed by atoms with Crippen molar-refractivity contribution in [3.05, 3.63) is 24.2 Å². The van der Waals surface area contributed by atoms with E-state index >= 15 is 0 Å². The number of amides is 1. The molecule has 104 valence electrons. The van der Waals surface area contributed by atoms with Gasteiger partial charge in [-0.25, -0.2) is 0 Å². The summed E-state index contributed by atoms with van der Waals surface area (Å²) in [4.78, 5) is 14.4. The van der Waals surface area contributed by atoms with Crippen LogP contribution in [0.3, 0.4) is 0 Å². The zero-order valence-corrected chi connectivity index (χ0v) is 11.4.